The number of benzene rings is 2. The molecule has 0 saturated heterocycles. The van der Waals surface area contributed by atoms with E-state index >= 15 is 0 Å². The Morgan fingerprint density at radius 3 is 2.23 bits per heavy atom. The minimum Gasteiger partial charge on any atom is -0.355 e. The van der Waals surface area contributed by atoms with Crippen LogP contribution < -0.4 is 5.32 Å². The Hall–Kier alpha value is -2.69. The van der Waals surface area contributed by atoms with Crippen LogP contribution in [0.25, 0.3) is 0 Å². The third-order valence-corrected chi connectivity index (χ3v) is 4.19. The summed E-state index contributed by atoms with van der Waals surface area (Å²) in [5.74, 6) is -0.617. The molecule has 0 aliphatic rings. The van der Waals surface area contributed by atoms with Gasteiger partial charge in [0.05, 0.1) is 0 Å². The highest BCUT2D eigenvalue weighted by Crippen LogP contribution is 2.16. The molecule has 0 aliphatic heterocycles. The maximum Gasteiger partial charge on any atom is 0.243 e. The van der Waals surface area contributed by atoms with Crippen LogP contribution in [-0.2, 0) is 22.6 Å². The van der Waals surface area contributed by atoms with Crippen molar-refractivity contribution < 1.29 is 14.0 Å². The van der Waals surface area contributed by atoms with Crippen molar-refractivity contribution >= 4 is 11.8 Å². The Balaban J connectivity index is 2.31. The predicted octanol–water partition coefficient (Wildman–Crippen LogP) is 3.31. The zero-order valence-electron chi connectivity index (χ0n) is 15.2. The Labute approximate surface area is 154 Å². The van der Waals surface area contributed by atoms with E-state index in [4.69, 9.17) is 0 Å². The summed E-state index contributed by atoms with van der Waals surface area (Å²) >= 11 is 0. The first-order valence-electron chi connectivity index (χ1n) is 8.90. The maximum absolute atomic E-state index is 13.2. The Morgan fingerprint density at radius 2 is 1.65 bits per heavy atom. The highest BCUT2D eigenvalue weighted by atomic mass is 19.1. The van der Waals surface area contributed by atoms with Gasteiger partial charge >= 0.3 is 0 Å². The summed E-state index contributed by atoms with van der Waals surface area (Å²) in [5, 5.41) is 2.83. The van der Waals surface area contributed by atoms with Gasteiger partial charge in [-0.1, -0.05) is 49.4 Å². The van der Waals surface area contributed by atoms with E-state index in [0.717, 1.165) is 11.1 Å². The zero-order chi connectivity index (χ0) is 18.9. The van der Waals surface area contributed by atoms with Gasteiger partial charge in [0, 0.05) is 25.9 Å². The molecule has 4 nitrogen and oxygen atoms in total. The van der Waals surface area contributed by atoms with Gasteiger partial charge in [-0.25, -0.2) is 4.39 Å². The van der Waals surface area contributed by atoms with E-state index in [1.165, 1.54) is 12.1 Å². The fourth-order valence-corrected chi connectivity index (χ4v) is 2.84. The average Bonchev–Trinajstić information content (AvgIpc) is 2.66. The van der Waals surface area contributed by atoms with E-state index in [-0.39, 0.29) is 24.2 Å². The number of nitrogens with zero attached hydrogens (tertiary/aromatic N) is 1. The minimum absolute atomic E-state index is 0.110. The fourth-order valence-electron chi connectivity index (χ4n) is 2.84. The Morgan fingerprint density at radius 1 is 1.00 bits per heavy atom. The van der Waals surface area contributed by atoms with E-state index in [1.54, 1.807) is 24.0 Å². The lowest BCUT2D eigenvalue weighted by Crippen LogP contribution is -2.50. The lowest BCUT2D eigenvalue weighted by molar-refractivity contribution is -0.141. The van der Waals surface area contributed by atoms with E-state index in [2.05, 4.69) is 5.32 Å². The monoisotopic (exact) mass is 356 g/mol. The molecule has 0 saturated carbocycles. The van der Waals surface area contributed by atoms with Gasteiger partial charge in [0.1, 0.15) is 11.9 Å². The predicted molar refractivity (Wildman–Crippen MR) is 99.9 cm³/mol. The number of nitrogens with one attached hydrogen (secondary N) is 1. The molecular weight excluding hydrogens is 331 g/mol. The van der Waals surface area contributed by atoms with Gasteiger partial charge < -0.3 is 10.2 Å². The van der Waals surface area contributed by atoms with Gasteiger partial charge in [-0.2, -0.15) is 0 Å². The van der Waals surface area contributed by atoms with Crippen LogP contribution in [0.5, 0.6) is 0 Å². The first-order chi connectivity index (χ1) is 12.5. The quantitative estimate of drug-likeness (QED) is 0.789. The van der Waals surface area contributed by atoms with Crippen molar-refractivity contribution in [3.8, 4) is 0 Å². The Bertz CT molecular complexity index is 717. The highest BCUT2D eigenvalue weighted by Gasteiger charge is 2.29. The molecule has 0 heterocycles. The number of hydrogen-bond acceptors (Lipinski definition) is 2. The van der Waals surface area contributed by atoms with Crippen molar-refractivity contribution in [3.05, 3.63) is 71.5 Å². The average molecular weight is 356 g/mol. The molecule has 0 aliphatic carbocycles. The molecule has 2 rings (SSSR count). The summed E-state index contributed by atoms with van der Waals surface area (Å²) in [6.45, 7) is 4.39. The normalized spacial score (nSPS) is 11.7. The largest absolute Gasteiger partial charge is 0.355 e. The summed E-state index contributed by atoms with van der Waals surface area (Å²) in [6, 6.07) is 15.0. The molecule has 138 valence electrons. The number of rotatable bonds is 8. The van der Waals surface area contributed by atoms with E-state index in [9.17, 15) is 14.0 Å². The summed E-state index contributed by atoms with van der Waals surface area (Å²) in [7, 11) is 0. The van der Waals surface area contributed by atoms with Gasteiger partial charge in [0.15, 0.2) is 0 Å². The van der Waals surface area contributed by atoms with Crippen molar-refractivity contribution in [1.82, 2.24) is 10.2 Å². The number of carbonyl (C=O) groups excluding carboxylic acids is 2. The second kappa shape index (κ2) is 9.70. The number of hydrogen-bond donors (Lipinski definition) is 1. The van der Waals surface area contributed by atoms with Gasteiger partial charge in [0.2, 0.25) is 11.8 Å². The molecule has 2 aromatic carbocycles. The van der Waals surface area contributed by atoms with Crippen molar-refractivity contribution in [1.29, 1.82) is 0 Å². The van der Waals surface area contributed by atoms with Crippen LogP contribution in [0, 0.1) is 5.82 Å². The van der Waals surface area contributed by atoms with E-state index in [1.807, 2.05) is 37.3 Å². The summed E-state index contributed by atoms with van der Waals surface area (Å²) < 4.78 is 13.2. The summed E-state index contributed by atoms with van der Waals surface area (Å²) in [5.41, 5.74) is 1.77. The van der Waals surface area contributed by atoms with Crippen LogP contribution in [0.15, 0.2) is 54.6 Å². The molecule has 2 amide bonds. The lowest BCUT2D eigenvalue weighted by atomic mass is 10.0. The molecule has 5 heteroatoms. The van der Waals surface area contributed by atoms with Crippen molar-refractivity contribution in [2.45, 2.75) is 39.3 Å². The second-order valence-corrected chi connectivity index (χ2v) is 6.10. The standard InChI is InChI=1S/C21H25FN2O2/c1-3-20(25)24(15-17-10-12-18(22)13-11-17)19(21(26)23-4-2)14-16-8-6-5-7-9-16/h5-13,19H,3-4,14-15H2,1-2H3,(H,23,26)/t19-/m0/s1. The molecule has 0 radical (unpaired) electrons. The van der Waals surface area contributed by atoms with Crippen molar-refractivity contribution in [2.24, 2.45) is 0 Å². The number of likely N-dealkylation sites (N-methyl/N-ethyl adjacent to an activating group) is 1. The third-order valence-electron chi connectivity index (χ3n) is 4.19. The molecule has 1 N–H and O–H groups in total. The van der Waals surface area contributed by atoms with Crippen LogP contribution in [0.3, 0.4) is 0 Å². The van der Waals surface area contributed by atoms with E-state index < -0.39 is 6.04 Å². The first kappa shape index (κ1) is 19.6. The van der Waals surface area contributed by atoms with Gasteiger partial charge in [-0.15, -0.1) is 0 Å². The van der Waals surface area contributed by atoms with Gasteiger partial charge in [-0.05, 0) is 30.2 Å². The van der Waals surface area contributed by atoms with Crippen LogP contribution in [0.1, 0.15) is 31.4 Å². The molecule has 0 fully saturated rings. The summed E-state index contributed by atoms with van der Waals surface area (Å²) in [4.78, 5) is 26.9. The van der Waals surface area contributed by atoms with Gasteiger partial charge in [0.25, 0.3) is 0 Å². The maximum atomic E-state index is 13.2. The van der Waals surface area contributed by atoms with Crippen LogP contribution in [0.2, 0.25) is 0 Å². The third kappa shape index (κ3) is 5.41. The van der Waals surface area contributed by atoms with Gasteiger partial charge in [-0.3, -0.25) is 9.59 Å². The smallest absolute Gasteiger partial charge is 0.243 e. The number of carbonyl (C=O) groups is 2. The van der Waals surface area contributed by atoms with Crippen LogP contribution in [-0.4, -0.2) is 29.3 Å². The number of halogens is 1. The topological polar surface area (TPSA) is 49.4 Å². The molecule has 0 spiro atoms. The summed E-state index contributed by atoms with van der Waals surface area (Å²) in [6.07, 6.45) is 0.728. The fraction of sp³-hybridized carbons (Fsp3) is 0.333. The molecular formula is C21H25FN2O2. The molecule has 1 atom stereocenters. The van der Waals surface area contributed by atoms with E-state index in [0.29, 0.717) is 19.4 Å². The molecule has 26 heavy (non-hydrogen) atoms. The van der Waals surface area contributed by atoms with Crippen LogP contribution >= 0.6 is 0 Å². The molecule has 0 bridgehead atoms. The molecule has 2 aromatic rings. The second-order valence-electron chi connectivity index (χ2n) is 6.10. The lowest BCUT2D eigenvalue weighted by Gasteiger charge is -2.31. The minimum atomic E-state index is -0.616. The number of amides is 2. The molecule has 0 aromatic heterocycles. The first-order valence-corrected chi connectivity index (χ1v) is 8.90. The zero-order valence-corrected chi connectivity index (χ0v) is 15.2. The highest BCUT2D eigenvalue weighted by molar-refractivity contribution is 5.87. The van der Waals surface area contributed by atoms with Crippen molar-refractivity contribution in [3.63, 3.8) is 0 Å². The molecule has 0 unspecified atom stereocenters. The van der Waals surface area contributed by atoms with Crippen molar-refractivity contribution in [2.75, 3.05) is 6.54 Å². The SMILES string of the molecule is CCNC(=O)[C@H](Cc1ccccc1)N(Cc1ccc(F)cc1)C(=O)CC. The Kier molecular flexibility index (Phi) is 7.33. The van der Waals surface area contributed by atoms with Crippen LogP contribution in [0.4, 0.5) is 4.39 Å².